The number of halogens is 1. The van der Waals surface area contributed by atoms with Crippen molar-refractivity contribution in [2.75, 3.05) is 13.7 Å². The summed E-state index contributed by atoms with van der Waals surface area (Å²) in [6, 6.07) is 14.0. The Morgan fingerprint density at radius 3 is 2.48 bits per heavy atom. The number of nitrogens with one attached hydrogen (secondary N) is 2. The Balaban J connectivity index is 1.77. The first kappa shape index (κ1) is 20.6. The van der Waals surface area contributed by atoms with Crippen LogP contribution in [0.4, 0.5) is 4.39 Å². The van der Waals surface area contributed by atoms with Crippen molar-refractivity contribution in [2.45, 2.75) is 31.8 Å². The molecule has 144 valence electrons. The van der Waals surface area contributed by atoms with Crippen LogP contribution in [0, 0.1) is 5.82 Å². The van der Waals surface area contributed by atoms with E-state index < -0.39 is 6.04 Å². The smallest absolute Gasteiger partial charge is 0.245 e. The zero-order valence-corrected chi connectivity index (χ0v) is 15.4. The van der Waals surface area contributed by atoms with Crippen LogP contribution in [0.1, 0.15) is 23.1 Å². The van der Waals surface area contributed by atoms with E-state index >= 15 is 0 Å². The Bertz CT molecular complexity index is 734. The van der Waals surface area contributed by atoms with Crippen LogP contribution in [0.3, 0.4) is 0 Å². The van der Waals surface area contributed by atoms with E-state index in [1.807, 2.05) is 30.3 Å². The third-order valence-corrected chi connectivity index (χ3v) is 4.23. The highest BCUT2D eigenvalue weighted by Gasteiger charge is 2.16. The third kappa shape index (κ3) is 7.19. The van der Waals surface area contributed by atoms with Gasteiger partial charge in [-0.25, -0.2) is 4.39 Å². The van der Waals surface area contributed by atoms with E-state index in [1.165, 1.54) is 18.7 Å². The van der Waals surface area contributed by atoms with Crippen LogP contribution in [0.25, 0.3) is 0 Å². The van der Waals surface area contributed by atoms with Crippen molar-refractivity contribution >= 4 is 12.3 Å². The van der Waals surface area contributed by atoms with Crippen molar-refractivity contribution in [3.05, 3.63) is 71.0 Å². The molecule has 0 spiro atoms. The fourth-order valence-electron chi connectivity index (χ4n) is 2.77. The summed E-state index contributed by atoms with van der Waals surface area (Å²) in [5.41, 5.74) is 3.17. The van der Waals surface area contributed by atoms with Crippen molar-refractivity contribution in [2.24, 2.45) is 0 Å². The Hall–Kier alpha value is -2.73. The largest absolute Gasteiger partial charge is 0.382 e. The molecule has 0 radical (unpaired) electrons. The molecule has 27 heavy (non-hydrogen) atoms. The molecule has 2 rings (SSSR count). The van der Waals surface area contributed by atoms with Gasteiger partial charge in [0.2, 0.25) is 12.3 Å². The number of hydrogen-bond acceptors (Lipinski definition) is 3. The summed E-state index contributed by atoms with van der Waals surface area (Å²) < 4.78 is 18.1. The van der Waals surface area contributed by atoms with Crippen LogP contribution in [0.2, 0.25) is 0 Å². The van der Waals surface area contributed by atoms with Gasteiger partial charge < -0.3 is 15.4 Å². The van der Waals surface area contributed by atoms with Crippen molar-refractivity contribution in [3.63, 3.8) is 0 Å². The Kier molecular flexibility index (Phi) is 8.45. The standard InChI is InChI=1S/C21H25FN2O3/c1-27-14-20(24-15-25)21(26)23-13-18-10-8-16(9-11-18)4-2-5-17-6-3-7-19(22)12-17/h3,6-12,15,20H,2,4-5,13-14H2,1H3,(H,23,26)(H,24,25)/t20-/m1/s1. The Morgan fingerprint density at radius 2 is 1.81 bits per heavy atom. The Morgan fingerprint density at radius 1 is 1.11 bits per heavy atom. The van der Waals surface area contributed by atoms with Gasteiger partial charge in [0.05, 0.1) is 6.61 Å². The van der Waals surface area contributed by atoms with Gasteiger partial charge in [-0.1, -0.05) is 36.4 Å². The maximum absolute atomic E-state index is 13.2. The first-order valence-corrected chi connectivity index (χ1v) is 8.91. The van der Waals surface area contributed by atoms with Gasteiger partial charge in [-0.3, -0.25) is 9.59 Å². The van der Waals surface area contributed by atoms with E-state index in [2.05, 4.69) is 10.6 Å². The lowest BCUT2D eigenvalue weighted by Gasteiger charge is -2.15. The number of benzene rings is 2. The van der Waals surface area contributed by atoms with E-state index in [-0.39, 0.29) is 18.3 Å². The summed E-state index contributed by atoms with van der Waals surface area (Å²) in [5, 5.41) is 5.21. The molecule has 1 atom stereocenters. The first-order chi connectivity index (χ1) is 13.1. The van der Waals surface area contributed by atoms with Gasteiger partial charge in [-0.05, 0) is 48.1 Å². The molecule has 0 unspecified atom stereocenters. The molecule has 0 fully saturated rings. The van der Waals surface area contributed by atoms with Gasteiger partial charge in [0, 0.05) is 13.7 Å². The number of ether oxygens (including phenoxy) is 1. The number of carbonyl (C=O) groups is 2. The number of aryl methyl sites for hydroxylation is 2. The maximum Gasteiger partial charge on any atom is 0.245 e. The summed E-state index contributed by atoms with van der Waals surface area (Å²) in [6.07, 6.45) is 3.17. The predicted octanol–water partition coefficient (Wildman–Crippen LogP) is 2.38. The van der Waals surface area contributed by atoms with E-state index in [4.69, 9.17) is 4.74 Å². The molecule has 0 aliphatic carbocycles. The molecule has 0 aromatic heterocycles. The first-order valence-electron chi connectivity index (χ1n) is 8.91. The molecule has 0 saturated carbocycles. The van der Waals surface area contributed by atoms with Crippen LogP contribution < -0.4 is 10.6 Å². The van der Waals surface area contributed by atoms with E-state index in [0.29, 0.717) is 13.0 Å². The summed E-state index contributed by atoms with van der Waals surface area (Å²) in [7, 11) is 1.47. The van der Waals surface area contributed by atoms with Crippen molar-refractivity contribution in [1.82, 2.24) is 10.6 Å². The highest BCUT2D eigenvalue weighted by molar-refractivity contribution is 5.83. The molecule has 2 amide bonds. The highest BCUT2D eigenvalue weighted by atomic mass is 19.1. The van der Waals surface area contributed by atoms with Crippen molar-refractivity contribution < 1.29 is 18.7 Å². The van der Waals surface area contributed by atoms with Gasteiger partial charge in [0.1, 0.15) is 11.9 Å². The van der Waals surface area contributed by atoms with Crippen LogP contribution in [0.5, 0.6) is 0 Å². The number of hydrogen-bond donors (Lipinski definition) is 2. The minimum atomic E-state index is -0.699. The molecule has 2 aromatic carbocycles. The van der Waals surface area contributed by atoms with E-state index in [1.54, 1.807) is 12.1 Å². The minimum absolute atomic E-state index is 0.120. The normalized spacial score (nSPS) is 11.6. The second-order valence-corrected chi connectivity index (χ2v) is 6.31. The van der Waals surface area contributed by atoms with Gasteiger partial charge in [-0.15, -0.1) is 0 Å². The lowest BCUT2D eigenvalue weighted by molar-refractivity contribution is -0.126. The molecular weight excluding hydrogens is 347 g/mol. The molecule has 6 heteroatoms. The zero-order chi connectivity index (χ0) is 19.5. The van der Waals surface area contributed by atoms with Crippen molar-refractivity contribution in [3.8, 4) is 0 Å². The average Bonchev–Trinajstić information content (AvgIpc) is 2.67. The molecule has 0 bridgehead atoms. The second kappa shape index (κ2) is 11.1. The number of rotatable bonds is 11. The van der Waals surface area contributed by atoms with Gasteiger partial charge in [0.15, 0.2) is 0 Å². The number of methoxy groups -OCH3 is 1. The number of carbonyl (C=O) groups excluding carboxylic acids is 2. The van der Waals surface area contributed by atoms with Crippen LogP contribution in [-0.4, -0.2) is 32.1 Å². The fourth-order valence-corrected chi connectivity index (χ4v) is 2.77. The molecule has 0 saturated heterocycles. The molecule has 5 nitrogen and oxygen atoms in total. The average molecular weight is 372 g/mol. The topological polar surface area (TPSA) is 67.4 Å². The molecular formula is C21H25FN2O3. The summed E-state index contributed by atoms with van der Waals surface area (Å²) in [6.45, 7) is 0.498. The summed E-state index contributed by atoms with van der Waals surface area (Å²) >= 11 is 0. The van der Waals surface area contributed by atoms with Crippen LogP contribution in [0.15, 0.2) is 48.5 Å². The third-order valence-electron chi connectivity index (χ3n) is 4.23. The summed E-state index contributed by atoms with van der Waals surface area (Å²) in [5.74, 6) is -0.488. The van der Waals surface area contributed by atoms with Gasteiger partial charge >= 0.3 is 0 Å². The Labute approximate surface area is 158 Å². The monoisotopic (exact) mass is 372 g/mol. The van der Waals surface area contributed by atoms with Gasteiger partial charge in [-0.2, -0.15) is 0 Å². The zero-order valence-electron chi connectivity index (χ0n) is 15.4. The predicted molar refractivity (Wildman–Crippen MR) is 102 cm³/mol. The lowest BCUT2D eigenvalue weighted by atomic mass is 10.0. The lowest BCUT2D eigenvalue weighted by Crippen LogP contribution is -2.46. The van der Waals surface area contributed by atoms with Crippen LogP contribution in [-0.2, 0) is 33.7 Å². The maximum atomic E-state index is 13.2. The highest BCUT2D eigenvalue weighted by Crippen LogP contribution is 2.11. The van der Waals surface area contributed by atoms with E-state index in [0.717, 1.165) is 30.4 Å². The van der Waals surface area contributed by atoms with Crippen LogP contribution >= 0.6 is 0 Å². The molecule has 2 N–H and O–H groups in total. The summed E-state index contributed by atoms with van der Waals surface area (Å²) in [4.78, 5) is 22.6. The molecule has 0 aliphatic heterocycles. The SMILES string of the molecule is COC[C@@H](NC=O)C(=O)NCc1ccc(CCCc2cccc(F)c2)cc1. The van der Waals surface area contributed by atoms with Crippen molar-refractivity contribution in [1.29, 1.82) is 0 Å². The van der Waals surface area contributed by atoms with E-state index in [9.17, 15) is 14.0 Å². The number of amides is 2. The second-order valence-electron chi connectivity index (χ2n) is 6.31. The quantitative estimate of drug-likeness (QED) is 0.595. The fraction of sp³-hybridized carbons (Fsp3) is 0.333. The molecule has 0 heterocycles. The van der Waals surface area contributed by atoms with Gasteiger partial charge in [0.25, 0.3) is 0 Å². The minimum Gasteiger partial charge on any atom is -0.382 e. The molecule has 2 aromatic rings. The molecule has 0 aliphatic rings.